The van der Waals surface area contributed by atoms with E-state index in [1.165, 1.54) is 32.1 Å². The SMILES string of the molecule is CC1CC(NC2C=CCCC2)C1. The van der Waals surface area contributed by atoms with Gasteiger partial charge in [0, 0.05) is 12.1 Å². The fourth-order valence-electron chi connectivity index (χ4n) is 2.29. The van der Waals surface area contributed by atoms with Gasteiger partial charge < -0.3 is 5.32 Å². The normalized spacial score (nSPS) is 40.9. The standard InChI is InChI=1S/C11H19N/c1-9-7-11(8-9)12-10-5-3-2-4-6-10/h3,5,9-12H,2,4,6-8H2,1H3. The van der Waals surface area contributed by atoms with Crippen LogP contribution in [0.25, 0.3) is 0 Å². The predicted octanol–water partition coefficient (Wildman–Crippen LogP) is 2.48. The van der Waals surface area contributed by atoms with Gasteiger partial charge in [0.2, 0.25) is 0 Å². The van der Waals surface area contributed by atoms with Crippen molar-refractivity contribution in [3.05, 3.63) is 12.2 Å². The van der Waals surface area contributed by atoms with Crippen LogP contribution >= 0.6 is 0 Å². The Morgan fingerprint density at radius 1 is 1.33 bits per heavy atom. The van der Waals surface area contributed by atoms with Crippen molar-refractivity contribution in [1.29, 1.82) is 0 Å². The fourth-order valence-corrected chi connectivity index (χ4v) is 2.29. The van der Waals surface area contributed by atoms with E-state index in [-0.39, 0.29) is 0 Å². The van der Waals surface area contributed by atoms with Gasteiger partial charge >= 0.3 is 0 Å². The number of nitrogens with one attached hydrogen (secondary N) is 1. The molecule has 1 atom stereocenters. The van der Waals surface area contributed by atoms with Crippen LogP contribution in [0.4, 0.5) is 0 Å². The molecule has 0 heterocycles. The Kier molecular flexibility index (Phi) is 2.50. The second-order valence-corrected chi connectivity index (χ2v) is 4.41. The second kappa shape index (κ2) is 3.61. The summed E-state index contributed by atoms with van der Waals surface area (Å²) in [6.07, 6.45) is 11.5. The van der Waals surface area contributed by atoms with Crippen LogP contribution in [-0.4, -0.2) is 12.1 Å². The average Bonchev–Trinajstić information content (AvgIpc) is 2.04. The predicted molar refractivity (Wildman–Crippen MR) is 52.1 cm³/mol. The van der Waals surface area contributed by atoms with E-state index in [0.717, 1.165) is 12.0 Å². The van der Waals surface area contributed by atoms with Gasteiger partial charge in [-0.3, -0.25) is 0 Å². The van der Waals surface area contributed by atoms with Crippen molar-refractivity contribution in [2.24, 2.45) is 5.92 Å². The molecular formula is C11H19N. The molecule has 0 saturated heterocycles. The van der Waals surface area contributed by atoms with Crippen LogP contribution in [0, 0.1) is 5.92 Å². The largest absolute Gasteiger partial charge is 0.308 e. The van der Waals surface area contributed by atoms with E-state index in [1.807, 2.05) is 0 Å². The van der Waals surface area contributed by atoms with Crippen molar-refractivity contribution in [3.8, 4) is 0 Å². The van der Waals surface area contributed by atoms with Crippen LogP contribution < -0.4 is 5.32 Å². The Morgan fingerprint density at radius 2 is 2.17 bits per heavy atom. The van der Waals surface area contributed by atoms with Gasteiger partial charge in [-0.25, -0.2) is 0 Å². The summed E-state index contributed by atoms with van der Waals surface area (Å²) in [6.45, 7) is 2.34. The lowest BCUT2D eigenvalue weighted by Gasteiger charge is -2.36. The number of allylic oxidation sites excluding steroid dienone is 1. The van der Waals surface area contributed by atoms with Crippen molar-refractivity contribution < 1.29 is 0 Å². The number of hydrogen-bond donors (Lipinski definition) is 1. The summed E-state index contributed by atoms with van der Waals surface area (Å²) < 4.78 is 0. The van der Waals surface area contributed by atoms with Crippen molar-refractivity contribution in [3.63, 3.8) is 0 Å². The summed E-state index contributed by atoms with van der Waals surface area (Å²) in [4.78, 5) is 0. The molecule has 2 rings (SSSR count). The lowest BCUT2D eigenvalue weighted by molar-refractivity contribution is 0.227. The van der Waals surface area contributed by atoms with Crippen molar-refractivity contribution in [1.82, 2.24) is 5.32 Å². The van der Waals surface area contributed by atoms with E-state index in [1.54, 1.807) is 0 Å². The molecule has 68 valence electrons. The summed E-state index contributed by atoms with van der Waals surface area (Å²) >= 11 is 0. The van der Waals surface area contributed by atoms with Crippen molar-refractivity contribution >= 4 is 0 Å². The maximum Gasteiger partial charge on any atom is 0.0252 e. The second-order valence-electron chi connectivity index (χ2n) is 4.41. The molecule has 0 aromatic carbocycles. The highest BCUT2D eigenvalue weighted by molar-refractivity contribution is 4.99. The maximum atomic E-state index is 3.70. The molecular weight excluding hydrogens is 146 g/mol. The summed E-state index contributed by atoms with van der Waals surface area (Å²) in [6, 6.07) is 1.52. The Hall–Kier alpha value is -0.300. The monoisotopic (exact) mass is 165 g/mol. The van der Waals surface area contributed by atoms with Crippen LogP contribution in [0.5, 0.6) is 0 Å². The van der Waals surface area contributed by atoms with Crippen LogP contribution in [0.3, 0.4) is 0 Å². The number of rotatable bonds is 2. The molecule has 1 nitrogen and oxygen atoms in total. The molecule has 1 fully saturated rings. The first-order valence-corrected chi connectivity index (χ1v) is 5.27. The highest BCUT2D eigenvalue weighted by atomic mass is 15.0. The Labute approximate surface area is 75.2 Å². The van der Waals surface area contributed by atoms with Crippen LogP contribution in [0.15, 0.2) is 12.2 Å². The van der Waals surface area contributed by atoms with Crippen LogP contribution in [0.2, 0.25) is 0 Å². The molecule has 0 radical (unpaired) electrons. The van der Waals surface area contributed by atoms with Gasteiger partial charge in [-0.15, -0.1) is 0 Å². The Balaban J connectivity index is 1.72. The van der Waals surface area contributed by atoms with Gasteiger partial charge in [0.05, 0.1) is 0 Å². The van der Waals surface area contributed by atoms with Gasteiger partial charge in [-0.05, 0) is 38.0 Å². The first-order chi connectivity index (χ1) is 5.84. The molecule has 0 spiro atoms. The minimum absolute atomic E-state index is 0.691. The number of hydrogen-bond acceptors (Lipinski definition) is 1. The molecule has 1 saturated carbocycles. The summed E-state index contributed by atoms with van der Waals surface area (Å²) in [7, 11) is 0. The molecule has 1 unspecified atom stereocenters. The molecule has 0 aromatic heterocycles. The quantitative estimate of drug-likeness (QED) is 0.620. The third-order valence-corrected chi connectivity index (χ3v) is 3.08. The minimum Gasteiger partial charge on any atom is -0.308 e. The first-order valence-electron chi connectivity index (χ1n) is 5.27. The molecule has 2 aliphatic carbocycles. The first kappa shape index (κ1) is 8.31. The molecule has 1 heteroatoms. The average molecular weight is 165 g/mol. The van der Waals surface area contributed by atoms with Gasteiger partial charge in [0.15, 0.2) is 0 Å². The Bertz CT molecular complexity index is 168. The lowest BCUT2D eigenvalue weighted by Crippen LogP contribution is -2.45. The van der Waals surface area contributed by atoms with Crippen LogP contribution in [0.1, 0.15) is 39.0 Å². The lowest BCUT2D eigenvalue weighted by atomic mass is 9.81. The van der Waals surface area contributed by atoms with E-state index in [4.69, 9.17) is 0 Å². The zero-order valence-corrected chi connectivity index (χ0v) is 7.92. The van der Waals surface area contributed by atoms with Crippen molar-refractivity contribution in [2.45, 2.75) is 51.1 Å². The zero-order valence-electron chi connectivity index (χ0n) is 7.92. The molecule has 0 amide bonds. The highest BCUT2D eigenvalue weighted by Crippen LogP contribution is 2.27. The van der Waals surface area contributed by atoms with Crippen LogP contribution in [-0.2, 0) is 0 Å². The van der Waals surface area contributed by atoms with Gasteiger partial charge in [0.1, 0.15) is 0 Å². The molecule has 12 heavy (non-hydrogen) atoms. The zero-order chi connectivity index (χ0) is 8.39. The van der Waals surface area contributed by atoms with Crippen molar-refractivity contribution in [2.75, 3.05) is 0 Å². The van der Waals surface area contributed by atoms with E-state index in [9.17, 15) is 0 Å². The molecule has 1 N–H and O–H groups in total. The smallest absolute Gasteiger partial charge is 0.0252 e. The maximum absolute atomic E-state index is 3.70. The van der Waals surface area contributed by atoms with E-state index < -0.39 is 0 Å². The molecule has 0 bridgehead atoms. The van der Waals surface area contributed by atoms with E-state index in [0.29, 0.717) is 6.04 Å². The van der Waals surface area contributed by atoms with E-state index in [2.05, 4.69) is 24.4 Å². The third kappa shape index (κ3) is 1.89. The topological polar surface area (TPSA) is 12.0 Å². The van der Waals surface area contributed by atoms with Gasteiger partial charge in [-0.1, -0.05) is 19.1 Å². The Morgan fingerprint density at radius 3 is 2.75 bits per heavy atom. The van der Waals surface area contributed by atoms with Gasteiger partial charge in [0.25, 0.3) is 0 Å². The van der Waals surface area contributed by atoms with Gasteiger partial charge in [-0.2, -0.15) is 0 Å². The molecule has 0 aromatic rings. The highest BCUT2D eigenvalue weighted by Gasteiger charge is 2.26. The van der Waals surface area contributed by atoms with E-state index >= 15 is 0 Å². The summed E-state index contributed by atoms with van der Waals surface area (Å²) in [5.74, 6) is 0.968. The third-order valence-electron chi connectivity index (χ3n) is 3.08. The molecule has 2 aliphatic rings. The minimum atomic E-state index is 0.691. The summed E-state index contributed by atoms with van der Waals surface area (Å²) in [5, 5.41) is 3.70. The molecule has 0 aliphatic heterocycles. The summed E-state index contributed by atoms with van der Waals surface area (Å²) in [5.41, 5.74) is 0. The fraction of sp³-hybridized carbons (Fsp3) is 0.818.